The van der Waals surface area contributed by atoms with Gasteiger partial charge in [0.15, 0.2) is 0 Å². The molecule has 1 fully saturated rings. The first-order valence-electron chi connectivity index (χ1n) is 17.5. The van der Waals surface area contributed by atoms with E-state index in [-0.39, 0.29) is 42.3 Å². The third-order valence-corrected chi connectivity index (χ3v) is 11.0. The van der Waals surface area contributed by atoms with Gasteiger partial charge in [-0.05, 0) is 60.2 Å². The Balaban J connectivity index is 1.58. The number of rotatable bonds is 19. The van der Waals surface area contributed by atoms with E-state index in [2.05, 4.69) is 10.3 Å². The van der Waals surface area contributed by atoms with Crippen LogP contribution in [-0.4, -0.2) is 103 Å². The SMILES string of the molecule is CCC(C)C(C(=O)N[C@@H](Cc1ccccc1)[C@H](O)CN(CC(C)C)S(=O)(=O)c1ccc(OC)cc1)N1CCN(Cc2cccc(COC)n2)C1=O. The van der Waals surface area contributed by atoms with Crippen LogP contribution in [0.5, 0.6) is 5.75 Å². The second-order valence-corrected chi connectivity index (χ2v) is 15.5. The molecule has 2 heterocycles. The number of benzene rings is 2. The molecule has 0 saturated carbocycles. The number of nitrogens with zero attached hydrogens (tertiary/aromatic N) is 4. The van der Waals surface area contributed by atoms with Crippen LogP contribution in [0.1, 0.15) is 51.1 Å². The van der Waals surface area contributed by atoms with E-state index in [1.54, 1.807) is 29.0 Å². The molecule has 2 unspecified atom stereocenters. The standard InChI is InChI=1S/C38H53N5O7S/c1-7-28(4)36(43-21-20-41(38(43)46)24-30-14-11-15-31(39-30)26-49-5)37(45)40-34(22-29-12-9-8-10-13-29)35(44)25-42(23-27(2)3)51(47,48)33-18-16-32(50-6)17-19-33/h8-19,27-28,34-36,44H,7,20-26H2,1-6H3,(H,40,45)/t28?,34-,35+,36?/m0/s1. The predicted molar refractivity (Wildman–Crippen MR) is 195 cm³/mol. The normalized spacial score (nSPS) is 16.0. The second kappa shape index (κ2) is 18.5. The maximum atomic E-state index is 14.3. The van der Waals surface area contributed by atoms with Crippen molar-refractivity contribution >= 4 is 22.0 Å². The molecule has 1 aliphatic rings. The summed E-state index contributed by atoms with van der Waals surface area (Å²) >= 11 is 0. The number of amides is 3. The Hall–Kier alpha value is -4.04. The summed E-state index contributed by atoms with van der Waals surface area (Å²) in [6.45, 7) is 9.08. The van der Waals surface area contributed by atoms with Crippen LogP contribution in [0.25, 0.3) is 0 Å². The number of sulfonamides is 1. The fourth-order valence-electron chi connectivity index (χ4n) is 6.31. The maximum Gasteiger partial charge on any atom is 0.321 e. The van der Waals surface area contributed by atoms with E-state index in [0.29, 0.717) is 38.4 Å². The molecule has 1 aromatic heterocycles. The van der Waals surface area contributed by atoms with E-state index >= 15 is 0 Å². The van der Waals surface area contributed by atoms with Gasteiger partial charge in [0.25, 0.3) is 0 Å². The molecule has 0 spiro atoms. The lowest BCUT2D eigenvalue weighted by atomic mass is 9.95. The van der Waals surface area contributed by atoms with E-state index in [1.165, 1.54) is 23.5 Å². The molecule has 1 aliphatic heterocycles. The topological polar surface area (TPSA) is 142 Å². The van der Waals surface area contributed by atoms with E-state index < -0.39 is 34.1 Å². The Morgan fingerprint density at radius 1 is 0.961 bits per heavy atom. The van der Waals surface area contributed by atoms with Crippen molar-refractivity contribution in [1.29, 1.82) is 0 Å². The van der Waals surface area contributed by atoms with Gasteiger partial charge in [-0.2, -0.15) is 4.31 Å². The van der Waals surface area contributed by atoms with Crippen LogP contribution in [-0.2, 0) is 39.1 Å². The van der Waals surface area contributed by atoms with Gasteiger partial charge in [0.2, 0.25) is 15.9 Å². The molecule has 12 nitrogen and oxygen atoms in total. The number of pyridine rings is 1. The first-order valence-corrected chi connectivity index (χ1v) is 19.0. The van der Waals surface area contributed by atoms with Crippen LogP contribution in [0, 0.1) is 11.8 Å². The van der Waals surface area contributed by atoms with Gasteiger partial charge in [-0.15, -0.1) is 0 Å². The van der Waals surface area contributed by atoms with Gasteiger partial charge in [0, 0.05) is 33.3 Å². The van der Waals surface area contributed by atoms with Crippen LogP contribution in [0.15, 0.2) is 77.7 Å². The molecule has 1 saturated heterocycles. The lowest BCUT2D eigenvalue weighted by molar-refractivity contribution is -0.128. The van der Waals surface area contributed by atoms with Crippen LogP contribution in [0.3, 0.4) is 0 Å². The average Bonchev–Trinajstić information content (AvgIpc) is 3.46. The number of methoxy groups -OCH3 is 2. The molecule has 13 heteroatoms. The number of aliphatic hydroxyl groups is 1. The molecule has 3 amide bonds. The third kappa shape index (κ3) is 10.5. The highest BCUT2D eigenvalue weighted by molar-refractivity contribution is 7.89. The molecule has 0 radical (unpaired) electrons. The van der Waals surface area contributed by atoms with Crippen LogP contribution < -0.4 is 10.1 Å². The minimum Gasteiger partial charge on any atom is -0.497 e. The number of hydrogen-bond acceptors (Lipinski definition) is 8. The number of carbonyl (C=O) groups is 2. The van der Waals surface area contributed by atoms with Crippen LogP contribution >= 0.6 is 0 Å². The van der Waals surface area contributed by atoms with Gasteiger partial charge in [-0.25, -0.2) is 13.2 Å². The average molecular weight is 724 g/mol. The van der Waals surface area contributed by atoms with Gasteiger partial charge in [-0.1, -0.05) is 70.5 Å². The third-order valence-electron chi connectivity index (χ3n) is 9.17. The molecule has 51 heavy (non-hydrogen) atoms. The summed E-state index contributed by atoms with van der Waals surface area (Å²) in [6.07, 6.45) is -0.381. The van der Waals surface area contributed by atoms with E-state index in [9.17, 15) is 23.1 Å². The Bertz CT molecular complexity index is 1670. The summed E-state index contributed by atoms with van der Waals surface area (Å²) in [5.41, 5.74) is 2.36. The number of aromatic nitrogens is 1. The molecule has 0 aliphatic carbocycles. The largest absolute Gasteiger partial charge is 0.497 e. The Kier molecular flexibility index (Phi) is 14.4. The highest BCUT2D eigenvalue weighted by atomic mass is 32.2. The summed E-state index contributed by atoms with van der Waals surface area (Å²) in [5.74, 6) is -0.102. The maximum absolute atomic E-state index is 14.3. The Labute approximate surface area is 302 Å². The van der Waals surface area contributed by atoms with E-state index in [4.69, 9.17) is 9.47 Å². The second-order valence-electron chi connectivity index (χ2n) is 13.5. The van der Waals surface area contributed by atoms with Crippen molar-refractivity contribution in [3.63, 3.8) is 0 Å². The first-order chi connectivity index (χ1) is 24.4. The highest BCUT2D eigenvalue weighted by Gasteiger charge is 2.41. The van der Waals surface area contributed by atoms with Crippen LogP contribution in [0.4, 0.5) is 4.79 Å². The fraction of sp³-hybridized carbons (Fsp3) is 0.500. The molecule has 4 atom stereocenters. The quantitative estimate of drug-likeness (QED) is 0.186. The van der Waals surface area contributed by atoms with Crippen molar-refractivity contribution in [2.45, 2.75) is 76.8 Å². The van der Waals surface area contributed by atoms with Crippen molar-refractivity contribution in [3.05, 3.63) is 89.7 Å². The zero-order valence-electron chi connectivity index (χ0n) is 30.6. The lowest BCUT2D eigenvalue weighted by Gasteiger charge is -2.35. The van der Waals surface area contributed by atoms with Crippen molar-refractivity contribution < 1.29 is 32.6 Å². The molecule has 2 aromatic carbocycles. The zero-order chi connectivity index (χ0) is 37.1. The van der Waals surface area contributed by atoms with Gasteiger partial charge in [0.1, 0.15) is 11.8 Å². The number of aliphatic hydroxyl groups excluding tert-OH is 1. The lowest BCUT2D eigenvalue weighted by Crippen LogP contribution is -2.57. The first kappa shape index (κ1) is 39.7. The van der Waals surface area contributed by atoms with E-state index in [1.807, 2.05) is 76.2 Å². The van der Waals surface area contributed by atoms with Crippen molar-refractivity contribution in [3.8, 4) is 5.75 Å². The number of urea groups is 1. The minimum absolute atomic E-state index is 0.0380. The van der Waals surface area contributed by atoms with Gasteiger partial charge >= 0.3 is 6.03 Å². The smallest absolute Gasteiger partial charge is 0.321 e. The summed E-state index contributed by atoms with van der Waals surface area (Å²) in [4.78, 5) is 36.1. The molecule has 0 bridgehead atoms. The summed E-state index contributed by atoms with van der Waals surface area (Å²) < 4.78 is 39.5. The number of carbonyl (C=O) groups excluding carboxylic acids is 2. The van der Waals surface area contributed by atoms with Crippen LogP contribution in [0.2, 0.25) is 0 Å². The molecule has 2 N–H and O–H groups in total. The Morgan fingerprint density at radius 2 is 1.65 bits per heavy atom. The molecule has 3 aromatic rings. The summed E-state index contributed by atoms with van der Waals surface area (Å²) in [5, 5.41) is 14.9. The fourth-order valence-corrected chi connectivity index (χ4v) is 7.93. The molecular formula is C38H53N5O7S. The number of nitrogens with one attached hydrogen (secondary N) is 1. The number of hydrogen-bond donors (Lipinski definition) is 2. The summed E-state index contributed by atoms with van der Waals surface area (Å²) in [7, 11) is -0.897. The minimum atomic E-state index is -4.01. The van der Waals surface area contributed by atoms with Crippen molar-refractivity contribution in [2.75, 3.05) is 40.4 Å². The molecule has 4 rings (SSSR count). The highest BCUT2D eigenvalue weighted by Crippen LogP contribution is 2.24. The predicted octanol–water partition coefficient (Wildman–Crippen LogP) is 4.32. The summed E-state index contributed by atoms with van der Waals surface area (Å²) in [6, 6.07) is 19.3. The van der Waals surface area contributed by atoms with Crippen molar-refractivity contribution in [1.82, 2.24) is 24.4 Å². The zero-order valence-corrected chi connectivity index (χ0v) is 31.4. The van der Waals surface area contributed by atoms with Crippen molar-refractivity contribution in [2.24, 2.45) is 11.8 Å². The molecule has 278 valence electrons. The van der Waals surface area contributed by atoms with E-state index in [0.717, 1.165) is 17.0 Å². The monoisotopic (exact) mass is 723 g/mol. The number of ether oxygens (including phenoxy) is 2. The Morgan fingerprint density at radius 3 is 2.27 bits per heavy atom. The van der Waals surface area contributed by atoms with Gasteiger partial charge < -0.3 is 29.7 Å². The molecular weight excluding hydrogens is 671 g/mol. The van der Waals surface area contributed by atoms with Gasteiger partial charge in [-0.3, -0.25) is 9.78 Å². The van der Waals surface area contributed by atoms with Gasteiger partial charge in [0.05, 0.1) is 48.7 Å².